The van der Waals surface area contributed by atoms with Crippen LogP contribution in [0.5, 0.6) is 17.2 Å². The highest BCUT2D eigenvalue weighted by Gasteiger charge is 2.16. The van der Waals surface area contributed by atoms with Crippen LogP contribution < -0.4 is 24.8 Å². The third-order valence-corrected chi connectivity index (χ3v) is 3.51. The fraction of sp³-hybridized carbons (Fsp3) is 0.222. The Morgan fingerprint density at radius 1 is 1.12 bits per heavy atom. The maximum Gasteiger partial charge on any atom is 0.251 e. The maximum absolute atomic E-state index is 12.2. The molecule has 0 aliphatic carbocycles. The van der Waals surface area contributed by atoms with Crippen molar-refractivity contribution < 1.29 is 23.8 Å². The van der Waals surface area contributed by atoms with E-state index >= 15 is 0 Å². The first kappa shape index (κ1) is 16.6. The molecule has 2 aromatic rings. The van der Waals surface area contributed by atoms with Gasteiger partial charge in [0.2, 0.25) is 12.7 Å². The van der Waals surface area contributed by atoms with Crippen molar-refractivity contribution in [3.05, 3.63) is 48.0 Å². The van der Waals surface area contributed by atoms with Crippen LogP contribution in [0.1, 0.15) is 17.3 Å². The Bertz CT molecular complexity index is 791. The van der Waals surface area contributed by atoms with E-state index in [1.54, 1.807) is 36.4 Å². The van der Waals surface area contributed by atoms with Crippen LogP contribution in [0, 0.1) is 0 Å². The van der Waals surface area contributed by atoms with Gasteiger partial charge in [-0.3, -0.25) is 9.59 Å². The molecule has 2 aromatic carbocycles. The predicted octanol–water partition coefficient (Wildman–Crippen LogP) is 2.18. The zero-order chi connectivity index (χ0) is 17.6. The maximum atomic E-state index is 12.2. The highest BCUT2D eigenvalue weighted by atomic mass is 16.7. The number of ether oxygens (including phenoxy) is 3. The van der Waals surface area contributed by atoms with Crippen LogP contribution in [0.2, 0.25) is 0 Å². The highest BCUT2D eigenvalue weighted by Crippen LogP contribution is 2.32. The quantitative estimate of drug-likeness (QED) is 0.840. The summed E-state index contributed by atoms with van der Waals surface area (Å²) in [5, 5.41) is 5.29. The third kappa shape index (κ3) is 4.00. The molecule has 0 bridgehead atoms. The lowest BCUT2D eigenvalue weighted by Crippen LogP contribution is -2.32. The van der Waals surface area contributed by atoms with Crippen LogP contribution in [-0.4, -0.2) is 31.8 Å². The summed E-state index contributed by atoms with van der Waals surface area (Å²) in [5.74, 6) is 0.984. The SMILES string of the molecule is CCOc1ccccc1NC(=O)CNC(=O)c1ccc2c(c1)OCO2. The molecule has 2 N–H and O–H groups in total. The average molecular weight is 342 g/mol. The van der Waals surface area contributed by atoms with E-state index in [9.17, 15) is 9.59 Å². The summed E-state index contributed by atoms with van der Waals surface area (Å²) in [4.78, 5) is 24.2. The Morgan fingerprint density at radius 3 is 2.76 bits per heavy atom. The van der Waals surface area contributed by atoms with E-state index in [4.69, 9.17) is 14.2 Å². The zero-order valence-electron chi connectivity index (χ0n) is 13.7. The van der Waals surface area contributed by atoms with Crippen molar-refractivity contribution in [2.75, 3.05) is 25.3 Å². The van der Waals surface area contributed by atoms with Crippen molar-refractivity contribution in [1.29, 1.82) is 0 Å². The minimum atomic E-state index is -0.369. The van der Waals surface area contributed by atoms with Gasteiger partial charge in [0.25, 0.3) is 5.91 Å². The number of carbonyl (C=O) groups excluding carboxylic acids is 2. The van der Waals surface area contributed by atoms with Crippen LogP contribution in [0.25, 0.3) is 0 Å². The molecule has 1 aliphatic heterocycles. The zero-order valence-corrected chi connectivity index (χ0v) is 13.7. The largest absolute Gasteiger partial charge is 0.492 e. The summed E-state index contributed by atoms with van der Waals surface area (Å²) < 4.78 is 15.9. The Hall–Kier alpha value is -3.22. The number of carbonyl (C=O) groups is 2. The predicted molar refractivity (Wildman–Crippen MR) is 91.1 cm³/mol. The molecule has 2 amide bonds. The Morgan fingerprint density at radius 2 is 1.92 bits per heavy atom. The van der Waals surface area contributed by atoms with Crippen LogP contribution >= 0.6 is 0 Å². The smallest absolute Gasteiger partial charge is 0.251 e. The minimum Gasteiger partial charge on any atom is -0.492 e. The van der Waals surface area contributed by atoms with Gasteiger partial charge >= 0.3 is 0 Å². The van der Waals surface area contributed by atoms with Gasteiger partial charge in [0.15, 0.2) is 11.5 Å². The van der Waals surface area contributed by atoms with E-state index in [0.29, 0.717) is 35.1 Å². The Balaban J connectivity index is 1.56. The lowest BCUT2D eigenvalue weighted by Gasteiger charge is -2.11. The number of nitrogens with one attached hydrogen (secondary N) is 2. The Labute approximate surface area is 144 Å². The van der Waals surface area contributed by atoms with Crippen molar-refractivity contribution in [3.63, 3.8) is 0 Å². The van der Waals surface area contributed by atoms with Gasteiger partial charge in [-0.1, -0.05) is 12.1 Å². The van der Waals surface area contributed by atoms with Crippen molar-refractivity contribution in [2.45, 2.75) is 6.92 Å². The molecular formula is C18H18N2O5. The number of para-hydroxylation sites is 2. The number of rotatable bonds is 6. The summed E-state index contributed by atoms with van der Waals surface area (Å²) in [6.45, 7) is 2.34. The topological polar surface area (TPSA) is 85.9 Å². The lowest BCUT2D eigenvalue weighted by molar-refractivity contribution is -0.115. The molecule has 1 heterocycles. The summed E-state index contributed by atoms with van der Waals surface area (Å²) in [6.07, 6.45) is 0. The Kier molecular flexibility index (Phi) is 5.03. The number of hydrogen-bond acceptors (Lipinski definition) is 5. The van der Waals surface area contributed by atoms with Crippen LogP contribution in [0.15, 0.2) is 42.5 Å². The highest BCUT2D eigenvalue weighted by molar-refractivity contribution is 6.00. The van der Waals surface area contributed by atoms with Crippen LogP contribution in [0.3, 0.4) is 0 Å². The minimum absolute atomic E-state index is 0.141. The number of anilines is 1. The van der Waals surface area contributed by atoms with E-state index in [2.05, 4.69) is 10.6 Å². The molecule has 0 saturated carbocycles. The fourth-order valence-corrected chi connectivity index (χ4v) is 2.35. The van der Waals surface area contributed by atoms with Gasteiger partial charge in [0.05, 0.1) is 18.8 Å². The van der Waals surface area contributed by atoms with Gasteiger partial charge in [-0.05, 0) is 37.3 Å². The lowest BCUT2D eigenvalue weighted by atomic mass is 10.2. The second-order valence-electron chi connectivity index (χ2n) is 5.23. The number of fused-ring (bicyclic) bond motifs is 1. The van der Waals surface area contributed by atoms with E-state index in [1.165, 1.54) is 0 Å². The van der Waals surface area contributed by atoms with Gasteiger partial charge < -0.3 is 24.8 Å². The first-order chi connectivity index (χ1) is 12.2. The second kappa shape index (κ2) is 7.57. The molecule has 0 radical (unpaired) electrons. The average Bonchev–Trinajstić information content (AvgIpc) is 3.09. The molecule has 1 aliphatic rings. The van der Waals surface area contributed by atoms with Crippen molar-refractivity contribution in [2.24, 2.45) is 0 Å². The molecule has 0 saturated heterocycles. The number of hydrogen-bond donors (Lipinski definition) is 2. The molecule has 130 valence electrons. The molecule has 7 heteroatoms. The molecule has 7 nitrogen and oxygen atoms in total. The van der Waals surface area contributed by atoms with Gasteiger partial charge in [0, 0.05) is 5.56 Å². The normalized spacial score (nSPS) is 11.7. The summed E-state index contributed by atoms with van der Waals surface area (Å²) in [5.41, 5.74) is 0.957. The molecule has 0 unspecified atom stereocenters. The van der Waals surface area contributed by atoms with Gasteiger partial charge in [0.1, 0.15) is 5.75 Å². The van der Waals surface area contributed by atoms with Crippen molar-refractivity contribution >= 4 is 17.5 Å². The van der Waals surface area contributed by atoms with Crippen LogP contribution in [0.4, 0.5) is 5.69 Å². The monoisotopic (exact) mass is 342 g/mol. The first-order valence-electron chi connectivity index (χ1n) is 7.87. The summed E-state index contributed by atoms with van der Waals surface area (Å²) in [7, 11) is 0. The standard InChI is InChI=1S/C18H18N2O5/c1-2-23-14-6-4-3-5-13(14)20-17(21)10-19-18(22)12-7-8-15-16(9-12)25-11-24-15/h3-9H,2,10-11H2,1H3,(H,19,22)(H,20,21). The fourth-order valence-electron chi connectivity index (χ4n) is 2.35. The molecule has 3 rings (SSSR count). The van der Waals surface area contributed by atoms with Crippen molar-refractivity contribution in [3.8, 4) is 17.2 Å². The van der Waals surface area contributed by atoms with E-state index in [0.717, 1.165) is 0 Å². The van der Waals surface area contributed by atoms with Gasteiger partial charge in [-0.2, -0.15) is 0 Å². The second-order valence-corrected chi connectivity index (χ2v) is 5.23. The van der Waals surface area contributed by atoms with Gasteiger partial charge in [-0.15, -0.1) is 0 Å². The number of amides is 2. The third-order valence-electron chi connectivity index (χ3n) is 3.51. The number of benzene rings is 2. The van der Waals surface area contributed by atoms with Crippen molar-refractivity contribution in [1.82, 2.24) is 5.32 Å². The van der Waals surface area contributed by atoms with Gasteiger partial charge in [-0.25, -0.2) is 0 Å². The summed E-state index contributed by atoms with van der Waals surface area (Å²) >= 11 is 0. The molecule has 25 heavy (non-hydrogen) atoms. The van der Waals surface area contributed by atoms with E-state index < -0.39 is 0 Å². The summed E-state index contributed by atoms with van der Waals surface area (Å²) in [6, 6.07) is 12.0. The molecule has 0 aromatic heterocycles. The van der Waals surface area contributed by atoms with E-state index in [1.807, 2.05) is 13.0 Å². The molecular weight excluding hydrogens is 324 g/mol. The van der Waals surface area contributed by atoms with E-state index in [-0.39, 0.29) is 25.2 Å². The first-order valence-corrected chi connectivity index (χ1v) is 7.87. The molecule has 0 spiro atoms. The van der Waals surface area contributed by atoms with Crippen LogP contribution in [-0.2, 0) is 4.79 Å². The molecule has 0 atom stereocenters. The molecule has 0 fully saturated rings.